The predicted octanol–water partition coefficient (Wildman–Crippen LogP) is 2.74. The second-order valence-electron chi connectivity index (χ2n) is 5.29. The molecule has 0 fully saturated rings. The van der Waals surface area contributed by atoms with Crippen LogP contribution in [-0.2, 0) is 14.9 Å². The maximum Gasteiger partial charge on any atom is 0.267 e. The Morgan fingerprint density at radius 3 is 2.91 bits per heavy atom. The van der Waals surface area contributed by atoms with Gasteiger partial charge in [0, 0.05) is 17.4 Å². The van der Waals surface area contributed by atoms with Gasteiger partial charge in [0.05, 0.1) is 11.9 Å². The van der Waals surface area contributed by atoms with Crippen LogP contribution in [0.3, 0.4) is 0 Å². The molecular formula is C14H22O6S2. The van der Waals surface area contributed by atoms with E-state index >= 15 is 0 Å². The van der Waals surface area contributed by atoms with Gasteiger partial charge < -0.3 is 14.2 Å². The normalized spacial score (nSPS) is 19.1. The molecule has 1 aromatic rings. The smallest absolute Gasteiger partial charge is 0.267 e. The van der Waals surface area contributed by atoms with Crippen molar-refractivity contribution in [1.29, 1.82) is 0 Å². The van der Waals surface area contributed by atoms with Crippen molar-refractivity contribution in [2.75, 3.05) is 19.8 Å². The number of ether oxygens (including phenoxy) is 3. The van der Waals surface area contributed by atoms with E-state index in [-0.39, 0.29) is 19.1 Å². The molecule has 0 spiro atoms. The largest absolute Gasteiger partial charge is 0.485 e. The molecule has 22 heavy (non-hydrogen) atoms. The summed E-state index contributed by atoms with van der Waals surface area (Å²) in [5.74, 6) is 1.48. The van der Waals surface area contributed by atoms with E-state index in [2.05, 4.69) is 0 Å². The van der Waals surface area contributed by atoms with Gasteiger partial charge in [-0.05, 0) is 12.8 Å². The Morgan fingerprint density at radius 1 is 1.41 bits per heavy atom. The van der Waals surface area contributed by atoms with Crippen molar-refractivity contribution in [1.82, 2.24) is 0 Å². The van der Waals surface area contributed by atoms with E-state index < -0.39 is 15.4 Å². The third kappa shape index (κ3) is 5.12. The molecule has 2 unspecified atom stereocenters. The zero-order valence-corrected chi connectivity index (χ0v) is 14.2. The zero-order chi connectivity index (χ0) is 16.0. The van der Waals surface area contributed by atoms with Gasteiger partial charge in [-0.1, -0.05) is 19.8 Å². The van der Waals surface area contributed by atoms with Crippen molar-refractivity contribution in [3.63, 3.8) is 0 Å². The van der Waals surface area contributed by atoms with Crippen molar-refractivity contribution in [2.45, 2.75) is 44.0 Å². The van der Waals surface area contributed by atoms with Gasteiger partial charge in [0.2, 0.25) is 0 Å². The summed E-state index contributed by atoms with van der Waals surface area (Å²) in [6.07, 6.45) is 2.21. The molecular weight excluding hydrogens is 328 g/mol. The highest BCUT2D eigenvalue weighted by molar-refractivity contribution is 7.86. The van der Waals surface area contributed by atoms with Gasteiger partial charge in [-0.3, -0.25) is 4.55 Å². The minimum atomic E-state index is -4.01. The lowest BCUT2D eigenvalue weighted by molar-refractivity contribution is 0.00850. The van der Waals surface area contributed by atoms with Gasteiger partial charge in [-0.15, -0.1) is 11.3 Å². The summed E-state index contributed by atoms with van der Waals surface area (Å²) >= 11 is 1.51. The van der Waals surface area contributed by atoms with E-state index in [1.807, 2.05) is 17.7 Å². The van der Waals surface area contributed by atoms with Crippen LogP contribution in [0.4, 0.5) is 0 Å². The molecule has 0 saturated heterocycles. The molecule has 0 aliphatic carbocycles. The Bertz CT molecular complexity index is 553. The fraction of sp³-hybridized carbons (Fsp3) is 0.714. The van der Waals surface area contributed by atoms with Gasteiger partial charge in [-0.25, -0.2) is 0 Å². The van der Waals surface area contributed by atoms with Crippen LogP contribution in [-0.4, -0.2) is 44.1 Å². The van der Waals surface area contributed by atoms with Crippen LogP contribution in [0.5, 0.6) is 11.5 Å². The van der Waals surface area contributed by atoms with E-state index in [0.717, 1.165) is 24.3 Å². The topological polar surface area (TPSA) is 82.1 Å². The first-order valence-electron chi connectivity index (χ1n) is 7.40. The van der Waals surface area contributed by atoms with Gasteiger partial charge >= 0.3 is 0 Å². The Morgan fingerprint density at radius 2 is 2.18 bits per heavy atom. The van der Waals surface area contributed by atoms with E-state index in [1.54, 1.807) is 0 Å². The average molecular weight is 350 g/mol. The molecule has 126 valence electrons. The summed E-state index contributed by atoms with van der Waals surface area (Å²) in [5.41, 5.74) is 0. The van der Waals surface area contributed by atoms with Crippen LogP contribution in [0.2, 0.25) is 0 Å². The maximum atomic E-state index is 11.3. The van der Waals surface area contributed by atoms with Gasteiger partial charge in [0.25, 0.3) is 10.1 Å². The second kappa shape index (κ2) is 8.14. The molecule has 6 nitrogen and oxygen atoms in total. The molecule has 8 heteroatoms. The maximum absolute atomic E-state index is 11.3. The van der Waals surface area contributed by atoms with Crippen LogP contribution in [0.25, 0.3) is 0 Å². The minimum Gasteiger partial charge on any atom is -0.485 e. The standard InChI is InChI=1S/C14H22O6S2/c1-2-3-4-12(22(15,16)17)5-6-18-7-11-8-19-13-9-21-10-14(13)20-11/h9-12H,2-8H2,1H3,(H,15,16,17). The highest BCUT2D eigenvalue weighted by Gasteiger charge is 2.24. The molecule has 1 aliphatic rings. The first kappa shape index (κ1) is 17.5. The number of thiophene rings is 1. The molecule has 0 saturated carbocycles. The van der Waals surface area contributed by atoms with Crippen molar-refractivity contribution in [2.24, 2.45) is 0 Å². The van der Waals surface area contributed by atoms with Crippen LogP contribution < -0.4 is 9.47 Å². The lowest BCUT2D eigenvalue weighted by atomic mass is 10.1. The van der Waals surface area contributed by atoms with Crippen LogP contribution in [0, 0.1) is 0 Å². The first-order valence-corrected chi connectivity index (χ1v) is 9.85. The second-order valence-corrected chi connectivity index (χ2v) is 7.73. The minimum absolute atomic E-state index is 0.193. The zero-order valence-electron chi connectivity index (χ0n) is 12.6. The predicted molar refractivity (Wildman–Crippen MR) is 84.5 cm³/mol. The molecule has 0 aromatic carbocycles. The molecule has 0 bridgehead atoms. The summed E-state index contributed by atoms with van der Waals surface area (Å²) in [4.78, 5) is 0. The summed E-state index contributed by atoms with van der Waals surface area (Å²) in [6.45, 7) is 3.00. The van der Waals surface area contributed by atoms with Crippen molar-refractivity contribution in [3.8, 4) is 11.5 Å². The number of fused-ring (bicyclic) bond motifs is 1. The Balaban J connectivity index is 1.70. The Labute approximate surface area is 135 Å². The molecule has 2 heterocycles. The summed E-state index contributed by atoms with van der Waals surface area (Å²) in [5, 5.41) is 3.01. The molecule has 0 radical (unpaired) electrons. The summed E-state index contributed by atoms with van der Waals surface area (Å²) in [6, 6.07) is 0. The van der Waals surface area contributed by atoms with Crippen LogP contribution >= 0.6 is 11.3 Å². The fourth-order valence-electron chi connectivity index (χ4n) is 2.25. The molecule has 1 N–H and O–H groups in total. The Kier molecular flexibility index (Phi) is 6.49. The average Bonchev–Trinajstić information content (AvgIpc) is 2.92. The van der Waals surface area contributed by atoms with Crippen molar-refractivity contribution >= 4 is 21.5 Å². The molecule has 2 atom stereocenters. The lowest BCUT2D eigenvalue weighted by Crippen LogP contribution is -2.33. The van der Waals surface area contributed by atoms with E-state index in [9.17, 15) is 13.0 Å². The summed E-state index contributed by atoms with van der Waals surface area (Å²) < 4.78 is 48.5. The quantitative estimate of drug-likeness (QED) is 0.545. The third-order valence-corrected chi connectivity index (χ3v) is 5.51. The molecule has 2 rings (SSSR count). The van der Waals surface area contributed by atoms with Crippen molar-refractivity contribution in [3.05, 3.63) is 10.8 Å². The molecule has 1 aromatic heterocycles. The van der Waals surface area contributed by atoms with Crippen LogP contribution in [0.1, 0.15) is 32.6 Å². The molecule has 0 amide bonds. The third-order valence-electron chi connectivity index (χ3n) is 3.50. The SMILES string of the molecule is CCCCC(CCOCC1COc2cscc2O1)S(=O)(=O)O. The van der Waals surface area contributed by atoms with Gasteiger partial charge in [0.15, 0.2) is 17.6 Å². The summed E-state index contributed by atoms with van der Waals surface area (Å²) in [7, 11) is -4.01. The highest BCUT2D eigenvalue weighted by Crippen LogP contribution is 2.35. The van der Waals surface area contributed by atoms with Crippen molar-refractivity contribution < 1.29 is 27.2 Å². The van der Waals surface area contributed by atoms with E-state index in [1.165, 1.54) is 11.3 Å². The van der Waals surface area contributed by atoms with E-state index in [4.69, 9.17) is 14.2 Å². The highest BCUT2D eigenvalue weighted by atomic mass is 32.2. The lowest BCUT2D eigenvalue weighted by Gasteiger charge is -2.24. The van der Waals surface area contributed by atoms with E-state index in [0.29, 0.717) is 19.6 Å². The van der Waals surface area contributed by atoms with Gasteiger partial charge in [0.1, 0.15) is 6.61 Å². The number of hydrogen-bond acceptors (Lipinski definition) is 6. The number of rotatable bonds is 9. The first-order chi connectivity index (χ1) is 10.5. The molecule has 1 aliphatic heterocycles. The Hall–Kier alpha value is -0.830. The van der Waals surface area contributed by atoms with Crippen LogP contribution in [0.15, 0.2) is 10.8 Å². The number of unbranched alkanes of at least 4 members (excludes halogenated alkanes) is 1. The monoisotopic (exact) mass is 350 g/mol. The fourth-order valence-corrected chi connectivity index (χ4v) is 3.78. The van der Waals surface area contributed by atoms with Gasteiger partial charge in [-0.2, -0.15) is 8.42 Å². The number of hydrogen-bond donors (Lipinski definition) is 1.